The molecule has 0 aromatic carbocycles. The van der Waals surface area contributed by atoms with Gasteiger partial charge in [0.25, 0.3) is 5.91 Å². The fourth-order valence-corrected chi connectivity index (χ4v) is 1.05. The van der Waals surface area contributed by atoms with Crippen LogP contribution in [0.25, 0.3) is 0 Å². The van der Waals surface area contributed by atoms with Gasteiger partial charge in [-0.3, -0.25) is 4.79 Å². The van der Waals surface area contributed by atoms with Gasteiger partial charge in [0.2, 0.25) is 0 Å². The molecule has 1 amide bonds. The molecule has 1 rings (SSSR count). The standard InChI is InChI=1S/C5H9N5OS.ClH/c6-1-2-8-5(11)3-4(7)12-10-9-3;/h1-2,6-7H2,(H,8,11);1H. The average molecular weight is 224 g/mol. The second kappa shape index (κ2) is 5.68. The fraction of sp³-hybridized carbons (Fsp3) is 0.400. The normalized spacial score (nSPS) is 9.00. The molecule has 8 heteroatoms. The number of carbonyl (C=O) groups is 1. The highest BCUT2D eigenvalue weighted by molar-refractivity contribution is 7.10. The molecule has 0 spiro atoms. The SMILES string of the molecule is Cl.NCCNC(=O)c1nnsc1N. The predicted molar refractivity (Wildman–Crippen MR) is 53.0 cm³/mol. The molecule has 0 bridgehead atoms. The van der Waals surface area contributed by atoms with Gasteiger partial charge in [-0.1, -0.05) is 4.49 Å². The Hall–Kier alpha value is -0.920. The second-order valence-corrected chi connectivity index (χ2v) is 2.82. The van der Waals surface area contributed by atoms with Gasteiger partial charge in [0.05, 0.1) is 0 Å². The van der Waals surface area contributed by atoms with Crippen LogP contribution in [-0.4, -0.2) is 28.6 Å². The number of carbonyl (C=O) groups excluding carboxylic acids is 1. The number of nitrogens with zero attached hydrogens (tertiary/aromatic N) is 2. The van der Waals surface area contributed by atoms with E-state index >= 15 is 0 Å². The van der Waals surface area contributed by atoms with Crippen LogP contribution in [0.5, 0.6) is 0 Å². The topological polar surface area (TPSA) is 107 Å². The Balaban J connectivity index is 0.00000144. The van der Waals surface area contributed by atoms with Gasteiger partial charge >= 0.3 is 0 Å². The van der Waals surface area contributed by atoms with Gasteiger partial charge in [0.15, 0.2) is 5.69 Å². The number of hydrogen-bond acceptors (Lipinski definition) is 6. The highest BCUT2D eigenvalue weighted by Gasteiger charge is 2.12. The smallest absolute Gasteiger partial charge is 0.274 e. The van der Waals surface area contributed by atoms with Crippen molar-refractivity contribution in [1.29, 1.82) is 0 Å². The monoisotopic (exact) mass is 223 g/mol. The van der Waals surface area contributed by atoms with Crippen LogP contribution in [-0.2, 0) is 0 Å². The first kappa shape index (κ1) is 12.1. The predicted octanol–water partition coefficient (Wildman–Crippen LogP) is -0.769. The third kappa shape index (κ3) is 3.13. The molecule has 0 atom stereocenters. The number of rotatable bonds is 3. The molecule has 0 aliphatic heterocycles. The molecule has 0 unspecified atom stereocenters. The molecule has 74 valence electrons. The lowest BCUT2D eigenvalue weighted by Crippen LogP contribution is -2.29. The molecule has 5 N–H and O–H groups in total. The quantitative estimate of drug-likeness (QED) is 0.624. The van der Waals surface area contributed by atoms with Crippen LogP contribution in [0.4, 0.5) is 5.00 Å². The molecule has 1 aromatic rings. The Bertz CT molecular complexity index is 278. The fourth-order valence-electron chi connectivity index (χ4n) is 0.624. The van der Waals surface area contributed by atoms with E-state index in [1.165, 1.54) is 0 Å². The first-order valence-corrected chi connectivity index (χ1v) is 4.09. The molecule has 0 aliphatic carbocycles. The van der Waals surface area contributed by atoms with Gasteiger partial charge in [-0.25, -0.2) is 0 Å². The van der Waals surface area contributed by atoms with Gasteiger partial charge in [-0.2, -0.15) is 0 Å². The van der Waals surface area contributed by atoms with E-state index in [-0.39, 0.29) is 24.0 Å². The zero-order valence-corrected chi connectivity index (χ0v) is 8.32. The van der Waals surface area contributed by atoms with E-state index < -0.39 is 0 Å². The number of hydrogen-bond donors (Lipinski definition) is 3. The number of nitrogen functional groups attached to an aromatic ring is 1. The Morgan fingerprint density at radius 2 is 2.31 bits per heavy atom. The summed E-state index contributed by atoms with van der Waals surface area (Å²) in [7, 11) is 0. The van der Waals surface area contributed by atoms with Crippen molar-refractivity contribution in [2.75, 3.05) is 18.8 Å². The van der Waals surface area contributed by atoms with Crippen molar-refractivity contribution < 1.29 is 4.79 Å². The van der Waals surface area contributed by atoms with Crippen LogP contribution in [0.1, 0.15) is 10.5 Å². The Morgan fingerprint density at radius 1 is 1.62 bits per heavy atom. The summed E-state index contributed by atoms with van der Waals surface area (Å²) in [5, 5.41) is 6.42. The first-order chi connectivity index (χ1) is 5.75. The second-order valence-electron chi connectivity index (χ2n) is 2.03. The van der Waals surface area contributed by atoms with Gasteiger partial charge in [0.1, 0.15) is 5.00 Å². The number of anilines is 1. The van der Waals surface area contributed by atoms with Crippen LogP contribution in [0.2, 0.25) is 0 Å². The molecule has 6 nitrogen and oxygen atoms in total. The molecular weight excluding hydrogens is 214 g/mol. The molecular formula is C5H10ClN5OS. The van der Waals surface area contributed by atoms with Crippen molar-refractivity contribution in [3.05, 3.63) is 5.69 Å². The zero-order chi connectivity index (χ0) is 8.97. The number of amides is 1. The minimum absolute atomic E-state index is 0. The summed E-state index contributed by atoms with van der Waals surface area (Å²) < 4.78 is 3.53. The third-order valence-corrected chi connectivity index (χ3v) is 1.71. The van der Waals surface area contributed by atoms with Crippen molar-refractivity contribution >= 4 is 34.8 Å². The average Bonchev–Trinajstić information content (AvgIpc) is 2.47. The van der Waals surface area contributed by atoms with Crippen molar-refractivity contribution in [1.82, 2.24) is 14.9 Å². The minimum Gasteiger partial charge on any atom is -0.387 e. The third-order valence-electron chi connectivity index (χ3n) is 1.16. The minimum atomic E-state index is -0.327. The molecule has 0 radical (unpaired) electrons. The Kier molecular flexibility index (Phi) is 5.28. The summed E-state index contributed by atoms with van der Waals surface area (Å²) in [6.45, 7) is 0.805. The maximum atomic E-state index is 11.1. The van der Waals surface area contributed by atoms with E-state index in [4.69, 9.17) is 11.5 Å². The Morgan fingerprint density at radius 3 is 2.77 bits per heavy atom. The zero-order valence-electron chi connectivity index (χ0n) is 6.69. The summed E-state index contributed by atoms with van der Waals surface area (Å²) in [6, 6.07) is 0. The summed E-state index contributed by atoms with van der Waals surface area (Å²) in [4.78, 5) is 11.1. The lowest BCUT2D eigenvalue weighted by atomic mass is 10.4. The van der Waals surface area contributed by atoms with Gasteiger partial charge in [0, 0.05) is 24.6 Å². The highest BCUT2D eigenvalue weighted by Crippen LogP contribution is 2.11. The maximum absolute atomic E-state index is 11.1. The van der Waals surface area contributed by atoms with E-state index in [2.05, 4.69) is 14.9 Å². The number of halogens is 1. The van der Waals surface area contributed by atoms with Gasteiger partial charge in [-0.15, -0.1) is 17.5 Å². The van der Waals surface area contributed by atoms with Crippen LogP contribution >= 0.6 is 23.9 Å². The van der Waals surface area contributed by atoms with Crippen LogP contribution in [0.3, 0.4) is 0 Å². The number of aromatic nitrogens is 2. The molecule has 1 heterocycles. The molecule has 0 saturated heterocycles. The van der Waals surface area contributed by atoms with Gasteiger partial charge < -0.3 is 16.8 Å². The summed E-state index contributed by atoms with van der Waals surface area (Å²) in [5.41, 5.74) is 10.8. The first-order valence-electron chi connectivity index (χ1n) is 3.31. The van der Waals surface area contributed by atoms with E-state index in [0.717, 1.165) is 11.5 Å². The lowest BCUT2D eigenvalue weighted by molar-refractivity contribution is 0.0950. The van der Waals surface area contributed by atoms with E-state index in [0.29, 0.717) is 18.1 Å². The van der Waals surface area contributed by atoms with Gasteiger partial charge in [-0.05, 0) is 0 Å². The summed E-state index contributed by atoms with van der Waals surface area (Å²) >= 11 is 0.991. The number of nitrogens with two attached hydrogens (primary N) is 2. The molecule has 0 saturated carbocycles. The highest BCUT2D eigenvalue weighted by atomic mass is 35.5. The molecule has 0 fully saturated rings. The van der Waals surface area contributed by atoms with Crippen LogP contribution < -0.4 is 16.8 Å². The number of nitrogens with one attached hydrogen (secondary N) is 1. The van der Waals surface area contributed by atoms with Crippen molar-refractivity contribution in [2.45, 2.75) is 0 Å². The Labute approximate surface area is 85.3 Å². The maximum Gasteiger partial charge on any atom is 0.274 e. The van der Waals surface area contributed by atoms with E-state index in [1.54, 1.807) is 0 Å². The lowest BCUT2D eigenvalue weighted by Gasteiger charge is -1.98. The van der Waals surface area contributed by atoms with E-state index in [9.17, 15) is 4.79 Å². The molecule has 13 heavy (non-hydrogen) atoms. The van der Waals surface area contributed by atoms with Crippen LogP contribution in [0.15, 0.2) is 0 Å². The summed E-state index contributed by atoms with van der Waals surface area (Å²) in [6.07, 6.45) is 0. The largest absolute Gasteiger partial charge is 0.387 e. The van der Waals surface area contributed by atoms with Crippen molar-refractivity contribution in [3.8, 4) is 0 Å². The van der Waals surface area contributed by atoms with E-state index in [1.807, 2.05) is 0 Å². The van der Waals surface area contributed by atoms with Crippen LogP contribution in [0, 0.1) is 0 Å². The molecule has 1 aromatic heterocycles. The van der Waals surface area contributed by atoms with Crippen molar-refractivity contribution in [2.24, 2.45) is 5.73 Å². The molecule has 0 aliphatic rings. The van der Waals surface area contributed by atoms with Crippen molar-refractivity contribution in [3.63, 3.8) is 0 Å². The summed E-state index contributed by atoms with van der Waals surface area (Å²) in [5.74, 6) is -0.327.